The van der Waals surface area contributed by atoms with E-state index < -0.39 is 0 Å². The first-order valence-corrected chi connectivity index (χ1v) is 9.58. The average molecular weight is 388 g/mol. The summed E-state index contributed by atoms with van der Waals surface area (Å²) in [4.78, 5) is 13.3. The molecule has 146 valence electrons. The molecule has 2 aliphatic rings. The van der Waals surface area contributed by atoms with Crippen molar-refractivity contribution >= 4 is 11.7 Å². The molecular formula is C23H20N2O4. The maximum absolute atomic E-state index is 13.3. The number of aromatic hydroxyl groups is 2. The molecule has 0 unspecified atom stereocenters. The Morgan fingerprint density at radius 3 is 2.24 bits per heavy atom. The number of aryl methyl sites for hydroxylation is 1. The van der Waals surface area contributed by atoms with Crippen LogP contribution in [-0.2, 0) is 4.79 Å². The first-order valence-electron chi connectivity index (χ1n) is 9.58. The second-order valence-electron chi connectivity index (χ2n) is 7.67. The molecule has 6 heteroatoms. The lowest BCUT2D eigenvalue weighted by Crippen LogP contribution is -2.29. The van der Waals surface area contributed by atoms with E-state index in [1.165, 1.54) is 0 Å². The SMILES string of the molecule is Cc1noc2c1[C@H](c1ccc(O)cc1)C1=C(C[C@H](c3ccc(O)cc3)CC1=O)N2. The number of phenolic OH excluding ortho intramolecular Hbond substituents is 2. The van der Waals surface area contributed by atoms with Crippen LogP contribution < -0.4 is 5.32 Å². The van der Waals surface area contributed by atoms with Crippen LogP contribution in [0, 0.1) is 6.92 Å². The predicted octanol–water partition coefficient (Wildman–Crippen LogP) is 4.35. The van der Waals surface area contributed by atoms with Crippen molar-refractivity contribution in [3.8, 4) is 11.5 Å². The largest absolute Gasteiger partial charge is 0.508 e. The van der Waals surface area contributed by atoms with Crippen molar-refractivity contribution < 1.29 is 19.5 Å². The number of hydrogen-bond donors (Lipinski definition) is 3. The molecule has 2 atom stereocenters. The van der Waals surface area contributed by atoms with Crippen LogP contribution in [-0.4, -0.2) is 21.2 Å². The molecule has 1 aliphatic heterocycles. The molecule has 3 aromatic rings. The normalized spacial score (nSPS) is 20.8. The number of phenols is 2. The molecule has 6 nitrogen and oxygen atoms in total. The Bertz CT molecular complexity index is 1130. The van der Waals surface area contributed by atoms with Gasteiger partial charge in [-0.15, -0.1) is 0 Å². The molecule has 3 N–H and O–H groups in total. The van der Waals surface area contributed by atoms with Crippen LogP contribution in [0.25, 0.3) is 0 Å². The van der Waals surface area contributed by atoms with E-state index >= 15 is 0 Å². The van der Waals surface area contributed by atoms with Gasteiger partial charge in [0.15, 0.2) is 5.78 Å². The Morgan fingerprint density at radius 1 is 0.966 bits per heavy atom. The first kappa shape index (κ1) is 17.6. The van der Waals surface area contributed by atoms with E-state index in [-0.39, 0.29) is 29.1 Å². The van der Waals surface area contributed by atoms with Gasteiger partial charge in [0.2, 0.25) is 5.88 Å². The number of nitrogens with one attached hydrogen (secondary N) is 1. The van der Waals surface area contributed by atoms with Crippen molar-refractivity contribution in [2.75, 3.05) is 5.32 Å². The predicted molar refractivity (Wildman–Crippen MR) is 107 cm³/mol. The van der Waals surface area contributed by atoms with Gasteiger partial charge in [-0.1, -0.05) is 29.4 Å². The van der Waals surface area contributed by atoms with Crippen molar-refractivity contribution in [3.05, 3.63) is 82.2 Å². The van der Waals surface area contributed by atoms with Gasteiger partial charge in [-0.2, -0.15) is 0 Å². The molecule has 0 saturated heterocycles. The topological polar surface area (TPSA) is 95.6 Å². The Balaban J connectivity index is 1.61. The maximum Gasteiger partial charge on any atom is 0.233 e. The summed E-state index contributed by atoms with van der Waals surface area (Å²) in [5.41, 5.74) is 5.13. The zero-order valence-electron chi connectivity index (χ0n) is 15.8. The second kappa shape index (κ2) is 6.51. The fourth-order valence-corrected chi connectivity index (χ4v) is 4.45. The third-order valence-corrected chi connectivity index (χ3v) is 5.85. The van der Waals surface area contributed by atoms with Crippen LogP contribution in [0.2, 0.25) is 0 Å². The number of allylic oxidation sites excluding steroid dienone is 2. The highest BCUT2D eigenvalue weighted by Gasteiger charge is 2.41. The number of Topliss-reactive ketones (excluding diaryl/α,β-unsaturated/α-hetero) is 1. The van der Waals surface area contributed by atoms with Crippen molar-refractivity contribution in [1.82, 2.24) is 5.16 Å². The molecule has 0 saturated carbocycles. The van der Waals surface area contributed by atoms with Gasteiger partial charge in [0, 0.05) is 23.6 Å². The van der Waals surface area contributed by atoms with Gasteiger partial charge >= 0.3 is 0 Å². The summed E-state index contributed by atoms with van der Waals surface area (Å²) in [5.74, 6) is 0.795. The van der Waals surface area contributed by atoms with Gasteiger partial charge in [0.25, 0.3) is 0 Å². The molecule has 2 aromatic carbocycles. The van der Waals surface area contributed by atoms with Crippen LogP contribution in [0.5, 0.6) is 11.5 Å². The molecule has 0 bridgehead atoms. The van der Waals surface area contributed by atoms with E-state index in [0.717, 1.165) is 33.7 Å². The molecule has 1 aliphatic carbocycles. The van der Waals surface area contributed by atoms with Gasteiger partial charge in [-0.3, -0.25) is 4.79 Å². The maximum atomic E-state index is 13.3. The summed E-state index contributed by atoms with van der Waals surface area (Å²) in [6, 6.07) is 14.0. The van der Waals surface area contributed by atoms with Gasteiger partial charge in [-0.25, -0.2) is 0 Å². The van der Waals surface area contributed by atoms with E-state index in [1.807, 2.05) is 31.2 Å². The monoisotopic (exact) mass is 388 g/mol. The summed E-state index contributed by atoms with van der Waals surface area (Å²) < 4.78 is 5.51. The summed E-state index contributed by atoms with van der Waals surface area (Å²) >= 11 is 0. The standard InChI is InChI=1S/C23H20N2O4/c1-12-20-21(14-4-8-17(27)9-5-14)22-18(24-23(20)29-25-12)10-15(11-19(22)28)13-2-6-16(26)7-3-13/h2-9,15,21,24,26-27H,10-11H2,1H3/t15-,21-/m0/s1. The van der Waals surface area contributed by atoms with Crippen molar-refractivity contribution in [3.63, 3.8) is 0 Å². The number of aromatic nitrogens is 1. The highest BCUT2D eigenvalue weighted by molar-refractivity contribution is 6.01. The molecule has 0 fully saturated rings. The van der Waals surface area contributed by atoms with E-state index in [9.17, 15) is 15.0 Å². The molecule has 29 heavy (non-hydrogen) atoms. The lowest BCUT2D eigenvalue weighted by molar-refractivity contribution is -0.116. The molecule has 2 heterocycles. The van der Waals surface area contributed by atoms with Gasteiger partial charge in [0.05, 0.1) is 11.3 Å². The summed E-state index contributed by atoms with van der Waals surface area (Å²) in [6.07, 6.45) is 1.07. The highest BCUT2D eigenvalue weighted by Crippen LogP contribution is 2.49. The minimum Gasteiger partial charge on any atom is -0.508 e. The summed E-state index contributed by atoms with van der Waals surface area (Å²) in [5, 5.41) is 26.7. The van der Waals surface area contributed by atoms with E-state index in [4.69, 9.17) is 4.52 Å². The van der Waals surface area contributed by atoms with Crippen molar-refractivity contribution in [2.45, 2.75) is 31.6 Å². The number of rotatable bonds is 2. The zero-order valence-corrected chi connectivity index (χ0v) is 15.8. The number of ketones is 1. The van der Waals surface area contributed by atoms with Crippen LogP contribution in [0.1, 0.15) is 47.1 Å². The minimum absolute atomic E-state index is 0.0281. The number of carbonyl (C=O) groups is 1. The van der Waals surface area contributed by atoms with Crippen LogP contribution >= 0.6 is 0 Å². The smallest absolute Gasteiger partial charge is 0.233 e. The number of fused-ring (bicyclic) bond motifs is 1. The minimum atomic E-state index is -0.277. The summed E-state index contributed by atoms with van der Waals surface area (Å²) in [6.45, 7) is 1.87. The number of nitrogens with zero attached hydrogens (tertiary/aromatic N) is 1. The number of anilines is 1. The highest BCUT2D eigenvalue weighted by atomic mass is 16.5. The molecule has 0 radical (unpaired) electrons. The number of hydrogen-bond acceptors (Lipinski definition) is 6. The van der Waals surface area contributed by atoms with Gasteiger partial charge < -0.3 is 20.1 Å². The number of benzene rings is 2. The van der Waals surface area contributed by atoms with Crippen LogP contribution in [0.15, 0.2) is 64.3 Å². The van der Waals surface area contributed by atoms with Gasteiger partial charge in [0.1, 0.15) is 11.5 Å². The molecule has 5 rings (SSSR count). The van der Waals surface area contributed by atoms with Crippen molar-refractivity contribution in [2.24, 2.45) is 0 Å². The van der Waals surface area contributed by atoms with Crippen LogP contribution in [0.4, 0.5) is 5.88 Å². The van der Waals surface area contributed by atoms with E-state index in [2.05, 4.69) is 10.5 Å². The molecule has 1 aromatic heterocycles. The Labute approximate surface area is 167 Å². The molecular weight excluding hydrogens is 368 g/mol. The Morgan fingerprint density at radius 2 is 1.59 bits per heavy atom. The third kappa shape index (κ3) is 2.88. The Hall–Kier alpha value is -3.54. The number of carbonyl (C=O) groups excluding carboxylic acids is 1. The lowest BCUT2D eigenvalue weighted by atomic mass is 9.72. The lowest BCUT2D eigenvalue weighted by Gasteiger charge is -2.34. The quantitative estimate of drug-likeness (QED) is 0.604. The molecule has 0 spiro atoms. The Kier molecular flexibility index (Phi) is 3.94. The van der Waals surface area contributed by atoms with Crippen LogP contribution in [0.3, 0.4) is 0 Å². The zero-order chi connectivity index (χ0) is 20.1. The molecule has 0 amide bonds. The fourth-order valence-electron chi connectivity index (χ4n) is 4.45. The first-order chi connectivity index (χ1) is 14.0. The van der Waals surface area contributed by atoms with Crippen molar-refractivity contribution in [1.29, 1.82) is 0 Å². The van der Waals surface area contributed by atoms with Gasteiger partial charge in [-0.05, 0) is 54.7 Å². The second-order valence-corrected chi connectivity index (χ2v) is 7.67. The fraction of sp³-hybridized carbons (Fsp3) is 0.217. The third-order valence-electron chi connectivity index (χ3n) is 5.85. The van der Waals surface area contributed by atoms with E-state index in [0.29, 0.717) is 18.7 Å². The average Bonchev–Trinajstić information content (AvgIpc) is 3.08. The van der Waals surface area contributed by atoms with E-state index in [1.54, 1.807) is 24.3 Å². The summed E-state index contributed by atoms with van der Waals surface area (Å²) in [7, 11) is 0.